The predicted molar refractivity (Wildman–Crippen MR) is 101 cm³/mol. The van der Waals surface area contributed by atoms with Crippen LogP contribution in [-0.2, 0) is 4.79 Å². The topological polar surface area (TPSA) is 55.0 Å². The summed E-state index contributed by atoms with van der Waals surface area (Å²) in [7, 11) is 1.63. The highest BCUT2D eigenvalue weighted by atomic mass is 32.2. The third kappa shape index (κ3) is 3.96. The Balaban J connectivity index is 1.90. The molecule has 0 radical (unpaired) electrons. The molecular weight excluding hydrogens is 336 g/mol. The molecule has 1 aliphatic rings. The quantitative estimate of drug-likeness (QED) is 0.734. The second kappa shape index (κ2) is 7.61. The molecule has 25 heavy (non-hydrogen) atoms. The van der Waals surface area contributed by atoms with E-state index in [1.807, 2.05) is 50.2 Å². The number of thioether (sulfide) groups is 1. The predicted octanol–water partition coefficient (Wildman–Crippen LogP) is 4.61. The first-order valence-electron chi connectivity index (χ1n) is 8.11. The van der Waals surface area contributed by atoms with Crippen molar-refractivity contribution in [2.45, 2.75) is 20.3 Å². The molecule has 1 saturated heterocycles. The molecule has 0 aliphatic carbocycles. The average Bonchev–Trinajstić information content (AvgIpc) is 3.14. The Morgan fingerprint density at radius 1 is 1.24 bits per heavy atom. The highest BCUT2D eigenvalue weighted by molar-refractivity contribution is 8.18. The molecule has 1 fully saturated rings. The molecule has 130 valence electrons. The smallest absolute Gasteiger partial charge is 0.266 e. The maximum atomic E-state index is 12.7. The third-order valence-electron chi connectivity index (χ3n) is 3.67. The van der Waals surface area contributed by atoms with Crippen molar-refractivity contribution in [1.29, 1.82) is 0 Å². The maximum Gasteiger partial charge on any atom is 0.266 e. The minimum Gasteiger partial charge on any atom is -0.497 e. The Bertz CT molecular complexity index is 821. The molecular formula is C19H20N2O3S. The van der Waals surface area contributed by atoms with E-state index in [1.54, 1.807) is 18.1 Å². The number of ether oxygens (including phenoxy) is 1. The Morgan fingerprint density at radius 3 is 2.60 bits per heavy atom. The molecule has 1 amide bonds. The fourth-order valence-corrected chi connectivity index (χ4v) is 3.44. The summed E-state index contributed by atoms with van der Waals surface area (Å²) in [6, 6.07) is 11.2. The zero-order valence-corrected chi connectivity index (χ0v) is 15.3. The zero-order valence-electron chi connectivity index (χ0n) is 14.5. The largest absolute Gasteiger partial charge is 0.497 e. The van der Waals surface area contributed by atoms with Gasteiger partial charge in [0.05, 0.1) is 17.7 Å². The Kier molecular flexibility index (Phi) is 5.28. The summed E-state index contributed by atoms with van der Waals surface area (Å²) in [6.07, 6.45) is 2.64. The van der Waals surface area contributed by atoms with Crippen LogP contribution >= 0.6 is 11.8 Å². The van der Waals surface area contributed by atoms with Gasteiger partial charge in [-0.15, -0.1) is 0 Å². The van der Waals surface area contributed by atoms with E-state index in [9.17, 15) is 4.79 Å². The lowest BCUT2D eigenvalue weighted by Gasteiger charge is -2.13. The fourth-order valence-electron chi connectivity index (χ4n) is 2.44. The number of amides is 1. The minimum absolute atomic E-state index is 0.0341. The third-order valence-corrected chi connectivity index (χ3v) is 4.67. The van der Waals surface area contributed by atoms with E-state index in [4.69, 9.17) is 9.15 Å². The second-order valence-corrected chi connectivity index (χ2v) is 6.62. The number of nitrogens with zero attached hydrogens (tertiary/aromatic N) is 2. The lowest BCUT2D eigenvalue weighted by atomic mass is 10.3. The van der Waals surface area contributed by atoms with Crippen molar-refractivity contribution in [2.24, 2.45) is 4.99 Å². The van der Waals surface area contributed by atoms with E-state index in [-0.39, 0.29) is 5.91 Å². The number of amidine groups is 1. The van der Waals surface area contributed by atoms with Crippen molar-refractivity contribution in [3.05, 3.63) is 52.8 Å². The Labute approximate surface area is 151 Å². The molecule has 6 heteroatoms. The number of hydrogen-bond acceptors (Lipinski definition) is 5. The van der Waals surface area contributed by atoms with Gasteiger partial charge in [0.2, 0.25) is 0 Å². The Hall–Kier alpha value is -2.47. The molecule has 2 aromatic rings. The summed E-state index contributed by atoms with van der Waals surface area (Å²) in [5.41, 5.74) is 0.785. The number of aliphatic imine (C=N–C) groups is 1. The number of rotatable bonds is 5. The van der Waals surface area contributed by atoms with Crippen LogP contribution in [-0.4, -0.2) is 29.6 Å². The van der Waals surface area contributed by atoms with Crippen LogP contribution in [0, 0.1) is 6.92 Å². The van der Waals surface area contributed by atoms with Gasteiger partial charge in [-0.25, -0.2) is 4.99 Å². The lowest BCUT2D eigenvalue weighted by molar-refractivity contribution is -0.122. The van der Waals surface area contributed by atoms with Crippen molar-refractivity contribution in [2.75, 3.05) is 13.7 Å². The molecule has 3 rings (SSSR count). The van der Waals surface area contributed by atoms with Gasteiger partial charge < -0.3 is 9.15 Å². The van der Waals surface area contributed by atoms with Crippen molar-refractivity contribution in [1.82, 2.24) is 4.90 Å². The van der Waals surface area contributed by atoms with Gasteiger partial charge >= 0.3 is 0 Å². The van der Waals surface area contributed by atoms with E-state index in [0.29, 0.717) is 22.4 Å². The van der Waals surface area contributed by atoms with Crippen molar-refractivity contribution in [3.8, 4) is 5.75 Å². The highest BCUT2D eigenvalue weighted by Crippen LogP contribution is 2.34. The van der Waals surface area contributed by atoms with Crippen LogP contribution in [0.5, 0.6) is 5.75 Å². The number of furan rings is 1. The van der Waals surface area contributed by atoms with Crippen LogP contribution in [0.15, 0.2) is 50.7 Å². The number of methoxy groups -OCH3 is 1. The molecule has 0 atom stereocenters. The highest BCUT2D eigenvalue weighted by Gasteiger charge is 2.33. The fraction of sp³-hybridized carbons (Fsp3) is 0.263. The van der Waals surface area contributed by atoms with E-state index >= 15 is 0 Å². The van der Waals surface area contributed by atoms with Crippen molar-refractivity contribution < 1.29 is 13.9 Å². The van der Waals surface area contributed by atoms with Gasteiger partial charge in [0.1, 0.15) is 17.3 Å². The van der Waals surface area contributed by atoms with Crippen LogP contribution < -0.4 is 4.74 Å². The minimum atomic E-state index is -0.0341. The number of carbonyl (C=O) groups excluding carboxylic acids is 1. The van der Waals surface area contributed by atoms with E-state index in [0.717, 1.165) is 23.6 Å². The van der Waals surface area contributed by atoms with E-state index in [2.05, 4.69) is 4.99 Å². The lowest BCUT2D eigenvalue weighted by Crippen LogP contribution is -2.29. The van der Waals surface area contributed by atoms with Gasteiger partial charge in [-0.3, -0.25) is 9.69 Å². The van der Waals surface area contributed by atoms with Crippen LogP contribution in [0.25, 0.3) is 6.08 Å². The van der Waals surface area contributed by atoms with Crippen molar-refractivity contribution >= 4 is 34.6 Å². The standard InChI is InChI=1S/C19H20N2O3S/c1-4-11-21-18(22)17(12-16-8-5-13(2)24-16)25-19(21)20-14-6-9-15(23-3)10-7-14/h5-10,12H,4,11H2,1-3H3/b17-12+,20-19?. The molecule has 1 aromatic heterocycles. The van der Waals surface area contributed by atoms with Crippen LogP contribution in [0.1, 0.15) is 24.9 Å². The van der Waals surface area contributed by atoms with E-state index < -0.39 is 0 Å². The average molecular weight is 356 g/mol. The van der Waals surface area contributed by atoms with Crippen LogP contribution in [0.4, 0.5) is 5.69 Å². The maximum absolute atomic E-state index is 12.7. The summed E-state index contributed by atoms with van der Waals surface area (Å²) >= 11 is 1.37. The Morgan fingerprint density at radius 2 is 2.00 bits per heavy atom. The van der Waals surface area contributed by atoms with Gasteiger partial charge in [-0.2, -0.15) is 0 Å². The van der Waals surface area contributed by atoms with Gasteiger partial charge in [0, 0.05) is 12.6 Å². The number of hydrogen-bond donors (Lipinski definition) is 0. The summed E-state index contributed by atoms with van der Waals surface area (Å²) < 4.78 is 10.7. The summed E-state index contributed by atoms with van der Waals surface area (Å²) in [5.74, 6) is 2.24. The van der Waals surface area contributed by atoms with E-state index in [1.165, 1.54) is 11.8 Å². The summed E-state index contributed by atoms with van der Waals surface area (Å²) in [4.78, 5) is 19.7. The first-order chi connectivity index (χ1) is 12.1. The van der Waals surface area contributed by atoms with Crippen LogP contribution in [0.3, 0.4) is 0 Å². The second-order valence-electron chi connectivity index (χ2n) is 5.61. The van der Waals surface area contributed by atoms with Gasteiger partial charge in [0.25, 0.3) is 5.91 Å². The first kappa shape index (κ1) is 17.4. The zero-order chi connectivity index (χ0) is 17.8. The molecule has 0 saturated carbocycles. The molecule has 5 nitrogen and oxygen atoms in total. The number of carbonyl (C=O) groups is 1. The molecule has 0 N–H and O–H groups in total. The van der Waals surface area contributed by atoms with Gasteiger partial charge in [0.15, 0.2) is 5.17 Å². The first-order valence-corrected chi connectivity index (χ1v) is 8.93. The number of aryl methyl sites for hydroxylation is 1. The summed E-state index contributed by atoms with van der Waals surface area (Å²) in [6.45, 7) is 4.56. The van der Waals surface area contributed by atoms with Gasteiger partial charge in [-0.1, -0.05) is 6.92 Å². The molecule has 1 aromatic carbocycles. The monoisotopic (exact) mass is 356 g/mol. The number of benzene rings is 1. The SMILES string of the molecule is CCCN1C(=O)/C(=C\c2ccc(C)o2)SC1=Nc1ccc(OC)cc1. The molecule has 0 bridgehead atoms. The van der Waals surface area contributed by atoms with Crippen molar-refractivity contribution in [3.63, 3.8) is 0 Å². The molecule has 2 heterocycles. The normalized spacial score (nSPS) is 17.7. The van der Waals surface area contributed by atoms with Gasteiger partial charge in [-0.05, 0) is 61.5 Å². The molecule has 0 spiro atoms. The molecule has 0 unspecified atom stereocenters. The summed E-state index contributed by atoms with van der Waals surface area (Å²) in [5, 5.41) is 0.687. The van der Waals surface area contributed by atoms with Crippen LogP contribution in [0.2, 0.25) is 0 Å². The molecule has 1 aliphatic heterocycles.